The Morgan fingerprint density at radius 2 is 1.89 bits per heavy atom. The molecule has 4 fully saturated rings. The van der Waals surface area contributed by atoms with Gasteiger partial charge in [-0.05, 0) is 94.0 Å². The summed E-state index contributed by atoms with van der Waals surface area (Å²) in [6.07, 6.45) is 16.5. The molecule has 45 heavy (non-hydrogen) atoms. The normalized spacial score (nSPS) is 26.4. The Morgan fingerprint density at radius 1 is 1.09 bits per heavy atom. The maximum absolute atomic E-state index is 16.8. The van der Waals surface area contributed by atoms with Crippen molar-refractivity contribution >= 4 is 27.5 Å². The van der Waals surface area contributed by atoms with Crippen molar-refractivity contribution in [1.82, 2.24) is 19.9 Å². The number of piperidine rings is 2. The topological polar surface area (TPSA) is 74.6 Å². The highest BCUT2D eigenvalue weighted by Crippen LogP contribution is 2.48. The van der Waals surface area contributed by atoms with Crippen molar-refractivity contribution in [2.24, 2.45) is 17.3 Å². The Labute approximate surface area is 261 Å². The number of rotatable bonds is 5. The molecule has 4 aromatic rings. The van der Waals surface area contributed by atoms with Crippen molar-refractivity contribution < 1.29 is 18.6 Å². The van der Waals surface area contributed by atoms with Gasteiger partial charge in [0.2, 0.25) is 0 Å². The smallest absolute Gasteiger partial charge is 0.319 e. The molecule has 2 aliphatic heterocycles. The number of hydrogen-bond donors (Lipinski definition) is 1. The molecule has 7 nitrogen and oxygen atoms in total. The monoisotopic (exact) mass is 609 g/mol. The van der Waals surface area contributed by atoms with Crippen LogP contribution in [0.1, 0.15) is 56.9 Å². The summed E-state index contributed by atoms with van der Waals surface area (Å²) < 4.78 is 38.2. The highest BCUT2D eigenvalue weighted by molar-refractivity contribution is 6.03. The molecule has 0 spiro atoms. The van der Waals surface area contributed by atoms with Crippen LogP contribution in [-0.2, 0) is 0 Å². The van der Waals surface area contributed by atoms with E-state index >= 15 is 4.39 Å². The van der Waals surface area contributed by atoms with Gasteiger partial charge in [-0.25, -0.2) is 8.78 Å². The Morgan fingerprint density at radius 3 is 2.69 bits per heavy atom. The highest BCUT2D eigenvalue weighted by atomic mass is 19.1. The quantitative estimate of drug-likeness (QED) is 0.253. The van der Waals surface area contributed by atoms with Crippen LogP contribution in [0.2, 0.25) is 0 Å². The van der Waals surface area contributed by atoms with E-state index in [2.05, 4.69) is 32.7 Å². The van der Waals surface area contributed by atoms with Gasteiger partial charge < -0.3 is 19.6 Å². The van der Waals surface area contributed by atoms with Crippen molar-refractivity contribution in [2.45, 2.75) is 57.4 Å². The summed E-state index contributed by atoms with van der Waals surface area (Å²) in [5.41, 5.74) is 0.252. The number of ether oxygens (including phenoxy) is 1. The van der Waals surface area contributed by atoms with Gasteiger partial charge in [0.15, 0.2) is 5.82 Å². The molecule has 2 bridgehead atoms. The van der Waals surface area contributed by atoms with Crippen LogP contribution in [0.25, 0.3) is 32.9 Å². The van der Waals surface area contributed by atoms with Gasteiger partial charge in [0, 0.05) is 41.7 Å². The summed E-state index contributed by atoms with van der Waals surface area (Å²) in [4.78, 5) is 18.9. The van der Waals surface area contributed by atoms with Crippen molar-refractivity contribution in [3.8, 4) is 35.4 Å². The minimum absolute atomic E-state index is 0.0113. The zero-order valence-electron chi connectivity index (χ0n) is 25.5. The largest absolute Gasteiger partial charge is 0.508 e. The molecule has 0 amide bonds. The van der Waals surface area contributed by atoms with Crippen LogP contribution in [-0.4, -0.2) is 64.3 Å². The van der Waals surface area contributed by atoms with E-state index in [0.717, 1.165) is 45.3 Å². The minimum Gasteiger partial charge on any atom is -0.508 e. The fraction of sp³-hybridized carbons (Fsp3) is 0.472. The van der Waals surface area contributed by atoms with Crippen LogP contribution >= 0.6 is 0 Å². The van der Waals surface area contributed by atoms with Gasteiger partial charge >= 0.3 is 6.01 Å². The first-order valence-electron chi connectivity index (χ1n) is 16.2. The SMILES string of the molecule is C#Cc1c(F)ccc2cc(O)cc(-c3ncc4c(N5CC6CCC(C6)C5)nc(OC[C@]56CCC[C@H]5N(C)CCC6)nc4c3F)c12. The van der Waals surface area contributed by atoms with Crippen molar-refractivity contribution in [3.05, 3.63) is 47.7 Å². The summed E-state index contributed by atoms with van der Waals surface area (Å²) in [6, 6.07) is 6.24. The number of likely N-dealkylation sites (tertiary alicyclic amines) is 1. The second-order valence-electron chi connectivity index (χ2n) is 13.8. The van der Waals surface area contributed by atoms with Gasteiger partial charge in [0.1, 0.15) is 28.6 Å². The first-order valence-corrected chi connectivity index (χ1v) is 16.2. The maximum Gasteiger partial charge on any atom is 0.319 e. The number of phenolic OH excluding ortho intramolecular Hbond substituents is 1. The number of pyridine rings is 1. The fourth-order valence-corrected chi connectivity index (χ4v) is 9.03. The van der Waals surface area contributed by atoms with Gasteiger partial charge in [-0.2, -0.15) is 9.97 Å². The van der Waals surface area contributed by atoms with Crippen molar-refractivity contribution in [2.75, 3.05) is 38.2 Å². The highest BCUT2D eigenvalue weighted by Gasteiger charge is 2.47. The third kappa shape index (κ3) is 4.68. The molecule has 4 aliphatic rings. The van der Waals surface area contributed by atoms with E-state index < -0.39 is 11.6 Å². The molecule has 8 rings (SSSR count). The number of aromatic nitrogens is 3. The molecule has 0 radical (unpaired) electrons. The molecule has 4 atom stereocenters. The number of hydrogen-bond acceptors (Lipinski definition) is 7. The van der Waals surface area contributed by atoms with Gasteiger partial charge in [0.25, 0.3) is 0 Å². The first kappa shape index (κ1) is 28.4. The van der Waals surface area contributed by atoms with Gasteiger partial charge in [-0.1, -0.05) is 18.4 Å². The molecule has 2 unspecified atom stereocenters. The summed E-state index contributed by atoms with van der Waals surface area (Å²) in [7, 11) is 2.20. The maximum atomic E-state index is 16.8. The Kier molecular flexibility index (Phi) is 6.83. The van der Waals surface area contributed by atoms with Crippen LogP contribution in [0.4, 0.5) is 14.6 Å². The third-order valence-electron chi connectivity index (χ3n) is 11.1. The molecule has 2 saturated heterocycles. The fourth-order valence-electron chi connectivity index (χ4n) is 9.03. The zero-order valence-corrected chi connectivity index (χ0v) is 25.5. The Bertz CT molecular complexity index is 1860. The van der Waals surface area contributed by atoms with Gasteiger partial charge in [0.05, 0.1) is 17.6 Å². The summed E-state index contributed by atoms with van der Waals surface area (Å²) >= 11 is 0. The molecule has 4 heterocycles. The van der Waals surface area contributed by atoms with E-state index in [1.54, 1.807) is 6.20 Å². The molecular weight excluding hydrogens is 572 g/mol. The van der Waals surface area contributed by atoms with Crippen LogP contribution in [0, 0.1) is 41.2 Å². The number of aromatic hydroxyl groups is 1. The van der Waals surface area contributed by atoms with Gasteiger partial charge in [-0.15, -0.1) is 6.42 Å². The summed E-state index contributed by atoms with van der Waals surface area (Å²) in [6.45, 7) is 3.28. The summed E-state index contributed by atoms with van der Waals surface area (Å²) in [5.74, 6) is 2.83. The van der Waals surface area contributed by atoms with Gasteiger partial charge in [-0.3, -0.25) is 4.98 Å². The second-order valence-corrected chi connectivity index (χ2v) is 13.8. The average Bonchev–Trinajstić information content (AvgIpc) is 3.63. The first-order chi connectivity index (χ1) is 21.8. The van der Waals surface area contributed by atoms with Crippen molar-refractivity contribution in [1.29, 1.82) is 0 Å². The molecule has 2 aliphatic carbocycles. The lowest BCUT2D eigenvalue weighted by molar-refractivity contribution is 0.0133. The molecule has 2 aromatic carbocycles. The predicted molar refractivity (Wildman–Crippen MR) is 170 cm³/mol. The van der Waals surface area contributed by atoms with E-state index in [1.807, 2.05) is 0 Å². The van der Waals surface area contributed by atoms with E-state index in [1.165, 1.54) is 49.9 Å². The molecule has 9 heteroatoms. The number of nitrogens with zero attached hydrogens (tertiary/aromatic N) is 5. The Hall–Kier alpha value is -4.03. The van der Waals surface area contributed by atoms with Crippen LogP contribution in [0.5, 0.6) is 11.8 Å². The molecule has 232 valence electrons. The predicted octanol–water partition coefficient (Wildman–Crippen LogP) is 6.69. The summed E-state index contributed by atoms with van der Waals surface area (Å²) in [5, 5.41) is 11.9. The lowest BCUT2D eigenvalue weighted by Crippen LogP contribution is -2.50. The number of phenols is 1. The number of halogens is 2. The number of terminal acetylenes is 1. The van der Waals surface area contributed by atoms with Crippen LogP contribution in [0.15, 0.2) is 30.5 Å². The third-order valence-corrected chi connectivity index (χ3v) is 11.1. The van der Waals surface area contributed by atoms with E-state index in [0.29, 0.717) is 46.5 Å². The number of benzene rings is 2. The number of anilines is 1. The van der Waals surface area contributed by atoms with E-state index in [9.17, 15) is 9.50 Å². The lowest BCUT2D eigenvalue weighted by atomic mass is 9.76. The van der Waals surface area contributed by atoms with Crippen LogP contribution < -0.4 is 9.64 Å². The standard InChI is InChI=1S/C36H37F2N5O2/c1-3-25-28(37)10-9-23-15-24(44)16-26(30(23)25)32-31(38)33-27(17-39-32)34(43-18-21-7-8-22(14-21)19-43)41-35(40-33)45-20-36-11-4-6-29(36)42(2)13-5-12-36/h1,9-10,15-17,21-22,29,44H,4-8,11-14,18-20H2,2H3/t21?,22?,29-,36-/m1/s1. The van der Waals surface area contributed by atoms with E-state index in [-0.39, 0.29) is 39.5 Å². The molecule has 2 aromatic heterocycles. The van der Waals surface area contributed by atoms with E-state index in [4.69, 9.17) is 16.1 Å². The van der Waals surface area contributed by atoms with Crippen LogP contribution in [0.3, 0.4) is 0 Å². The molecule has 2 saturated carbocycles. The zero-order chi connectivity index (χ0) is 30.9. The minimum atomic E-state index is -0.686. The number of fused-ring (bicyclic) bond motifs is 5. The second kappa shape index (κ2) is 10.8. The van der Waals surface area contributed by atoms with Crippen molar-refractivity contribution in [3.63, 3.8) is 0 Å². The molecular formula is C36H37F2N5O2. The molecule has 1 N–H and O–H groups in total. The Balaban J connectivity index is 1.27. The lowest BCUT2D eigenvalue weighted by Gasteiger charge is -2.44. The average molecular weight is 610 g/mol.